The van der Waals surface area contributed by atoms with Gasteiger partial charge in [-0.1, -0.05) is 36.2 Å². The van der Waals surface area contributed by atoms with Crippen LogP contribution in [0.4, 0.5) is 0 Å². The van der Waals surface area contributed by atoms with Gasteiger partial charge in [0.1, 0.15) is 5.69 Å². The van der Waals surface area contributed by atoms with Gasteiger partial charge in [0, 0.05) is 18.0 Å². The van der Waals surface area contributed by atoms with Crippen LogP contribution in [0.5, 0.6) is 0 Å². The fourth-order valence-electron chi connectivity index (χ4n) is 4.97. The van der Waals surface area contributed by atoms with Crippen molar-refractivity contribution in [2.45, 2.75) is 69.7 Å². The molecule has 0 spiro atoms. The van der Waals surface area contributed by atoms with Gasteiger partial charge in [0.15, 0.2) is 0 Å². The van der Waals surface area contributed by atoms with Crippen LogP contribution in [-0.2, 0) is 11.3 Å². The molecule has 4 nitrogen and oxygen atoms in total. The van der Waals surface area contributed by atoms with Crippen molar-refractivity contribution in [1.29, 1.82) is 0 Å². The van der Waals surface area contributed by atoms with Gasteiger partial charge in [-0.05, 0) is 55.7 Å². The highest BCUT2D eigenvalue weighted by molar-refractivity contribution is 6.37. The summed E-state index contributed by atoms with van der Waals surface area (Å²) in [6.45, 7) is 2.83. The van der Waals surface area contributed by atoms with Gasteiger partial charge < -0.3 is 10.1 Å². The molecule has 1 aromatic heterocycles. The van der Waals surface area contributed by atoms with Crippen LogP contribution >= 0.6 is 23.2 Å². The highest BCUT2D eigenvalue weighted by Gasteiger charge is 2.45. The summed E-state index contributed by atoms with van der Waals surface area (Å²) < 4.78 is 8.39. The van der Waals surface area contributed by atoms with Crippen molar-refractivity contribution in [3.8, 4) is 5.69 Å². The summed E-state index contributed by atoms with van der Waals surface area (Å²) in [5, 5.41) is 9.60. The first-order valence-electron chi connectivity index (χ1n) is 10.0. The Morgan fingerprint density at radius 1 is 1.22 bits per heavy atom. The number of piperidine rings is 1. The molecule has 2 aromatic rings. The van der Waals surface area contributed by atoms with Crippen LogP contribution in [0.2, 0.25) is 10.0 Å². The number of hydrogen-bond acceptors (Lipinski definition) is 3. The number of ether oxygens (including phenoxy) is 1. The number of halogens is 2. The van der Waals surface area contributed by atoms with E-state index < -0.39 is 0 Å². The number of para-hydroxylation sites is 1. The largest absolute Gasteiger partial charge is 0.372 e. The van der Waals surface area contributed by atoms with Crippen molar-refractivity contribution in [3.05, 3.63) is 45.7 Å². The molecule has 2 aliphatic carbocycles. The van der Waals surface area contributed by atoms with E-state index in [0.717, 1.165) is 17.8 Å². The lowest BCUT2D eigenvalue weighted by Gasteiger charge is -2.30. The van der Waals surface area contributed by atoms with Crippen molar-refractivity contribution < 1.29 is 4.74 Å². The molecule has 1 saturated heterocycles. The number of hydrogen-bond donors (Lipinski definition) is 1. The van der Waals surface area contributed by atoms with Crippen molar-refractivity contribution in [1.82, 2.24) is 15.1 Å². The maximum absolute atomic E-state index is 6.49. The average Bonchev–Trinajstić information content (AvgIpc) is 3.12. The molecule has 1 aliphatic heterocycles. The zero-order chi connectivity index (χ0) is 18.5. The molecule has 2 saturated carbocycles. The lowest BCUT2D eigenvalue weighted by atomic mass is 9.95. The van der Waals surface area contributed by atoms with E-state index in [0.29, 0.717) is 46.7 Å². The van der Waals surface area contributed by atoms with Crippen molar-refractivity contribution in [2.24, 2.45) is 5.92 Å². The van der Waals surface area contributed by atoms with Crippen molar-refractivity contribution in [3.63, 3.8) is 0 Å². The van der Waals surface area contributed by atoms with E-state index in [9.17, 15) is 0 Å². The highest BCUT2D eigenvalue weighted by Crippen LogP contribution is 2.44. The third kappa shape index (κ3) is 3.21. The smallest absolute Gasteiger partial charge is 0.102 e. The maximum atomic E-state index is 6.49. The molecule has 3 fully saturated rings. The molecule has 1 N–H and O–H groups in total. The first-order chi connectivity index (χ1) is 13.2. The van der Waals surface area contributed by atoms with Crippen LogP contribution in [0, 0.1) is 5.92 Å². The van der Waals surface area contributed by atoms with Gasteiger partial charge >= 0.3 is 0 Å². The average molecular weight is 406 g/mol. The van der Waals surface area contributed by atoms with E-state index in [1.54, 1.807) is 0 Å². The Labute approximate surface area is 170 Å². The molecule has 6 heteroatoms. The third-order valence-corrected chi connectivity index (χ3v) is 7.07. The highest BCUT2D eigenvalue weighted by atomic mass is 35.5. The molecule has 4 unspecified atom stereocenters. The molecule has 0 radical (unpaired) electrons. The predicted octanol–water partition coefficient (Wildman–Crippen LogP) is 5.10. The molecular weight excluding hydrogens is 381 g/mol. The summed E-state index contributed by atoms with van der Waals surface area (Å²) in [7, 11) is 0. The van der Waals surface area contributed by atoms with Gasteiger partial charge in [-0.3, -0.25) is 0 Å². The SMILES string of the molecule is CCC1NC2CC(OCc3c(C4CC4)cnn3-c3c(Cl)cccc3Cl)C1C2. The Morgan fingerprint density at radius 3 is 2.67 bits per heavy atom. The van der Waals surface area contributed by atoms with Gasteiger partial charge in [-0.2, -0.15) is 5.10 Å². The number of rotatable bonds is 6. The van der Waals surface area contributed by atoms with E-state index in [-0.39, 0.29) is 0 Å². The molecule has 3 aliphatic rings. The Kier molecular flexibility index (Phi) is 4.71. The quantitative estimate of drug-likeness (QED) is 0.725. The van der Waals surface area contributed by atoms with E-state index in [2.05, 4.69) is 17.3 Å². The summed E-state index contributed by atoms with van der Waals surface area (Å²) in [6, 6.07) is 6.80. The molecule has 5 rings (SSSR count). The Morgan fingerprint density at radius 2 is 2.00 bits per heavy atom. The van der Waals surface area contributed by atoms with Gasteiger partial charge in [0.05, 0.1) is 34.6 Å². The standard InChI is InChI=1S/C21H25Cl2N3O/c1-2-18-14-8-13(25-18)9-20(14)27-11-19-15(12-6-7-12)10-24-26(19)21-16(22)4-3-5-17(21)23/h3-5,10,12-14,18,20,25H,2,6-9,11H2,1H3. The maximum Gasteiger partial charge on any atom is 0.102 e. The van der Waals surface area contributed by atoms with Crippen molar-refractivity contribution >= 4 is 23.2 Å². The number of aromatic nitrogens is 2. The molecule has 0 amide bonds. The fourth-order valence-corrected chi connectivity index (χ4v) is 5.52. The molecule has 4 atom stereocenters. The monoisotopic (exact) mass is 405 g/mol. The summed E-state index contributed by atoms with van der Waals surface area (Å²) in [5.74, 6) is 1.23. The first-order valence-corrected chi connectivity index (χ1v) is 10.8. The van der Waals surface area contributed by atoms with E-state index >= 15 is 0 Å². The lowest BCUT2D eigenvalue weighted by molar-refractivity contribution is -0.00525. The normalized spacial score (nSPS) is 29.6. The zero-order valence-corrected chi connectivity index (χ0v) is 17.0. The van der Waals surface area contributed by atoms with Crippen LogP contribution in [0.25, 0.3) is 5.69 Å². The van der Waals surface area contributed by atoms with Gasteiger partial charge in [0.25, 0.3) is 0 Å². The topological polar surface area (TPSA) is 39.1 Å². The predicted molar refractivity (Wildman–Crippen MR) is 108 cm³/mol. The minimum absolute atomic E-state index is 0.332. The van der Waals surface area contributed by atoms with Crippen LogP contribution in [0.1, 0.15) is 56.2 Å². The second-order valence-electron chi connectivity index (χ2n) is 8.17. The van der Waals surface area contributed by atoms with Gasteiger partial charge in [0.2, 0.25) is 0 Å². The summed E-state index contributed by atoms with van der Waals surface area (Å²) in [6.07, 6.45) is 8.29. The Bertz CT molecular complexity index is 828. The minimum Gasteiger partial charge on any atom is -0.372 e. The Balaban J connectivity index is 1.43. The molecular formula is C21H25Cl2N3O. The fraction of sp³-hybridized carbons (Fsp3) is 0.571. The second kappa shape index (κ2) is 7.07. The number of nitrogens with one attached hydrogen (secondary N) is 1. The second-order valence-corrected chi connectivity index (χ2v) is 8.98. The minimum atomic E-state index is 0.332. The van der Waals surface area contributed by atoms with Gasteiger partial charge in [-0.15, -0.1) is 0 Å². The van der Waals surface area contributed by atoms with Crippen molar-refractivity contribution in [2.75, 3.05) is 0 Å². The van der Waals surface area contributed by atoms with E-state index in [1.165, 1.54) is 31.2 Å². The number of benzene rings is 1. The van der Waals surface area contributed by atoms with Crippen LogP contribution in [-0.4, -0.2) is 28.0 Å². The third-order valence-electron chi connectivity index (χ3n) is 6.46. The van der Waals surface area contributed by atoms with Crippen LogP contribution < -0.4 is 5.32 Å². The molecule has 2 bridgehead atoms. The van der Waals surface area contributed by atoms with E-state index in [1.807, 2.05) is 29.1 Å². The number of nitrogens with zero attached hydrogens (tertiary/aromatic N) is 2. The molecule has 2 heterocycles. The number of fused-ring (bicyclic) bond motifs is 2. The molecule has 1 aromatic carbocycles. The molecule has 144 valence electrons. The summed E-state index contributed by atoms with van der Waals surface area (Å²) >= 11 is 12.9. The summed E-state index contributed by atoms with van der Waals surface area (Å²) in [4.78, 5) is 0. The van der Waals surface area contributed by atoms with Crippen LogP contribution in [0.3, 0.4) is 0 Å². The lowest BCUT2D eigenvalue weighted by Crippen LogP contribution is -2.42. The zero-order valence-electron chi connectivity index (χ0n) is 15.5. The van der Waals surface area contributed by atoms with Gasteiger partial charge in [-0.25, -0.2) is 4.68 Å². The van der Waals surface area contributed by atoms with Crippen LogP contribution in [0.15, 0.2) is 24.4 Å². The molecule has 27 heavy (non-hydrogen) atoms. The van der Waals surface area contributed by atoms with E-state index in [4.69, 9.17) is 27.9 Å². The first kappa shape index (κ1) is 18.0. The Hall–Kier alpha value is -1.07. The summed E-state index contributed by atoms with van der Waals surface area (Å²) in [5.41, 5.74) is 3.16.